The van der Waals surface area contributed by atoms with E-state index in [2.05, 4.69) is 21.8 Å². The molecular weight excluding hydrogens is 292 g/mol. The van der Waals surface area contributed by atoms with Crippen LogP contribution in [0.4, 0.5) is 5.82 Å². The summed E-state index contributed by atoms with van der Waals surface area (Å²) >= 11 is 0. The third kappa shape index (κ3) is 3.48. The van der Waals surface area contributed by atoms with Crippen LogP contribution in [0.2, 0.25) is 0 Å². The van der Waals surface area contributed by atoms with Gasteiger partial charge in [0, 0.05) is 40.3 Å². The van der Waals surface area contributed by atoms with Gasteiger partial charge in [-0.15, -0.1) is 0 Å². The number of carbonyl (C=O) groups excluding carboxylic acids is 1. The van der Waals surface area contributed by atoms with Gasteiger partial charge in [-0.25, -0.2) is 4.98 Å². The van der Waals surface area contributed by atoms with Gasteiger partial charge in [-0.05, 0) is 32.0 Å². The maximum Gasteiger partial charge on any atom is 0.272 e. The van der Waals surface area contributed by atoms with E-state index in [1.54, 1.807) is 25.1 Å². The second kappa shape index (κ2) is 6.45. The molecule has 0 unspecified atom stereocenters. The van der Waals surface area contributed by atoms with Gasteiger partial charge >= 0.3 is 0 Å². The number of anilines is 1. The van der Waals surface area contributed by atoms with Crippen molar-refractivity contribution in [3.63, 3.8) is 0 Å². The molecule has 6 nitrogen and oxygen atoms in total. The number of carbonyl (C=O) groups is 1. The molecule has 1 spiro atoms. The van der Waals surface area contributed by atoms with E-state index in [9.17, 15) is 4.79 Å². The summed E-state index contributed by atoms with van der Waals surface area (Å²) in [4.78, 5) is 22.9. The van der Waals surface area contributed by atoms with Crippen LogP contribution in [0.5, 0.6) is 0 Å². The first-order valence-electron chi connectivity index (χ1n) is 8.25. The molecule has 6 heteroatoms. The molecule has 2 saturated heterocycles. The molecule has 23 heavy (non-hydrogen) atoms. The van der Waals surface area contributed by atoms with E-state index >= 15 is 0 Å². The SMILES string of the molecule is CN1CCC2(CC1)CN(c1cccc(C(=O)N(C)C)n1)CCO2. The molecule has 2 fully saturated rings. The van der Waals surface area contributed by atoms with Crippen LogP contribution < -0.4 is 4.90 Å². The van der Waals surface area contributed by atoms with Crippen LogP contribution in [0.1, 0.15) is 23.3 Å². The number of morpholine rings is 1. The van der Waals surface area contributed by atoms with Crippen molar-refractivity contribution < 1.29 is 9.53 Å². The minimum Gasteiger partial charge on any atom is -0.371 e. The zero-order chi connectivity index (χ0) is 16.4. The van der Waals surface area contributed by atoms with Crippen molar-refractivity contribution in [2.24, 2.45) is 0 Å². The fourth-order valence-electron chi connectivity index (χ4n) is 3.32. The fraction of sp³-hybridized carbons (Fsp3) is 0.647. The number of nitrogens with zero attached hydrogens (tertiary/aromatic N) is 4. The van der Waals surface area contributed by atoms with E-state index in [-0.39, 0.29) is 11.5 Å². The number of aromatic nitrogens is 1. The summed E-state index contributed by atoms with van der Waals surface area (Å²) in [6.07, 6.45) is 2.10. The number of rotatable bonds is 2. The van der Waals surface area contributed by atoms with E-state index < -0.39 is 0 Å². The van der Waals surface area contributed by atoms with Crippen LogP contribution in [0.3, 0.4) is 0 Å². The Morgan fingerprint density at radius 3 is 2.70 bits per heavy atom. The lowest BCUT2D eigenvalue weighted by molar-refractivity contribution is -0.0884. The van der Waals surface area contributed by atoms with Crippen molar-refractivity contribution in [3.05, 3.63) is 23.9 Å². The molecule has 0 radical (unpaired) electrons. The summed E-state index contributed by atoms with van der Waals surface area (Å²) in [5.41, 5.74) is 0.435. The Kier molecular flexibility index (Phi) is 4.55. The lowest BCUT2D eigenvalue weighted by Gasteiger charge is -2.47. The number of likely N-dealkylation sites (tertiary alicyclic amines) is 1. The molecule has 0 N–H and O–H groups in total. The first kappa shape index (κ1) is 16.2. The number of amides is 1. The second-order valence-corrected chi connectivity index (χ2v) is 6.84. The summed E-state index contributed by atoms with van der Waals surface area (Å²) in [5.74, 6) is 0.813. The molecule has 3 heterocycles. The number of pyridine rings is 1. The first-order valence-corrected chi connectivity index (χ1v) is 8.25. The van der Waals surface area contributed by atoms with E-state index in [0.717, 1.165) is 51.4 Å². The Hall–Kier alpha value is -1.66. The molecule has 1 aromatic rings. The highest BCUT2D eigenvalue weighted by Gasteiger charge is 2.39. The van der Waals surface area contributed by atoms with Crippen molar-refractivity contribution in [1.29, 1.82) is 0 Å². The van der Waals surface area contributed by atoms with Crippen LogP contribution >= 0.6 is 0 Å². The summed E-state index contributed by atoms with van der Waals surface area (Å²) < 4.78 is 6.15. The summed E-state index contributed by atoms with van der Waals surface area (Å²) in [5, 5.41) is 0. The number of ether oxygens (including phenoxy) is 1. The lowest BCUT2D eigenvalue weighted by Crippen LogP contribution is -2.56. The molecule has 1 amide bonds. The lowest BCUT2D eigenvalue weighted by atomic mass is 9.89. The maximum atomic E-state index is 12.1. The highest BCUT2D eigenvalue weighted by Crippen LogP contribution is 2.31. The zero-order valence-electron chi connectivity index (χ0n) is 14.3. The number of hydrogen-bond donors (Lipinski definition) is 0. The standard InChI is InChI=1S/C17H26N4O2/c1-19(2)16(22)14-5-4-6-15(18-14)21-11-12-23-17(13-21)7-9-20(3)10-8-17/h4-6H,7-13H2,1-3H3. The van der Waals surface area contributed by atoms with Gasteiger partial charge in [0.05, 0.1) is 12.2 Å². The predicted molar refractivity (Wildman–Crippen MR) is 89.9 cm³/mol. The molecule has 0 aliphatic carbocycles. The molecule has 1 aromatic heterocycles. The maximum absolute atomic E-state index is 12.1. The quantitative estimate of drug-likeness (QED) is 0.817. The van der Waals surface area contributed by atoms with Gasteiger partial charge in [0.1, 0.15) is 11.5 Å². The van der Waals surface area contributed by atoms with Crippen LogP contribution in [-0.2, 0) is 4.74 Å². The Morgan fingerprint density at radius 1 is 1.26 bits per heavy atom. The van der Waals surface area contributed by atoms with Gasteiger partial charge < -0.3 is 19.4 Å². The van der Waals surface area contributed by atoms with Crippen LogP contribution in [-0.4, -0.2) is 80.2 Å². The first-order chi connectivity index (χ1) is 11.0. The topological polar surface area (TPSA) is 48.9 Å². The van der Waals surface area contributed by atoms with Gasteiger partial charge in [-0.1, -0.05) is 6.07 Å². The van der Waals surface area contributed by atoms with Gasteiger partial charge in [0.2, 0.25) is 0 Å². The highest BCUT2D eigenvalue weighted by atomic mass is 16.5. The van der Waals surface area contributed by atoms with Crippen molar-refractivity contribution >= 4 is 11.7 Å². The molecule has 2 aliphatic rings. The van der Waals surface area contributed by atoms with E-state index in [0.29, 0.717) is 5.69 Å². The number of hydrogen-bond acceptors (Lipinski definition) is 5. The number of piperidine rings is 1. The monoisotopic (exact) mass is 318 g/mol. The molecule has 0 aromatic carbocycles. The smallest absolute Gasteiger partial charge is 0.272 e. The molecule has 0 bridgehead atoms. The normalized spacial score (nSPS) is 21.4. The molecule has 2 aliphatic heterocycles. The van der Waals surface area contributed by atoms with Gasteiger partial charge in [-0.3, -0.25) is 4.79 Å². The van der Waals surface area contributed by atoms with Gasteiger partial charge in [-0.2, -0.15) is 0 Å². The minimum absolute atomic E-state index is 0.0610. The summed E-state index contributed by atoms with van der Waals surface area (Å²) in [6, 6.07) is 5.67. The van der Waals surface area contributed by atoms with Crippen molar-refractivity contribution in [2.75, 3.05) is 58.8 Å². The average Bonchev–Trinajstić information content (AvgIpc) is 2.57. The molecule has 0 saturated carbocycles. The zero-order valence-corrected chi connectivity index (χ0v) is 14.3. The van der Waals surface area contributed by atoms with Gasteiger partial charge in [0.25, 0.3) is 5.91 Å². The molecular formula is C17H26N4O2. The highest BCUT2D eigenvalue weighted by molar-refractivity contribution is 5.92. The predicted octanol–water partition coefficient (Wildman–Crippen LogP) is 1.08. The van der Waals surface area contributed by atoms with Crippen LogP contribution in [0.25, 0.3) is 0 Å². The Morgan fingerprint density at radius 2 is 2.00 bits per heavy atom. The second-order valence-electron chi connectivity index (χ2n) is 6.84. The fourth-order valence-corrected chi connectivity index (χ4v) is 3.32. The van der Waals surface area contributed by atoms with Crippen molar-refractivity contribution in [1.82, 2.24) is 14.8 Å². The largest absolute Gasteiger partial charge is 0.371 e. The molecule has 0 atom stereocenters. The van der Waals surface area contributed by atoms with Crippen molar-refractivity contribution in [3.8, 4) is 0 Å². The summed E-state index contributed by atoms with van der Waals surface area (Å²) in [7, 11) is 5.66. The summed E-state index contributed by atoms with van der Waals surface area (Å²) in [6.45, 7) is 4.54. The molecule has 3 rings (SSSR count). The van der Waals surface area contributed by atoms with Crippen molar-refractivity contribution in [2.45, 2.75) is 18.4 Å². The Balaban J connectivity index is 1.76. The van der Waals surface area contributed by atoms with Crippen LogP contribution in [0.15, 0.2) is 18.2 Å². The minimum atomic E-state index is -0.0615. The van der Waals surface area contributed by atoms with Crippen LogP contribution in [0, 0.1) is 0 Å². The average molecular weight is 318 g/mol. The van der Waals surface area contributed by atoms with Gasteiger partial charge in [0.15, 0.2) is 0 Å². The molecule has 126 valence electrons. The van der Waals surface area contributed by atoms with E-state index in [1.165, 1.54) is 0 Å². The van der Waals surface area contributed by atoms with E-state index in [4.69, 9.17) is 4.74 Å². The van der Waals surface area contributed by atoms with E-state index in [1.807, 2.05) is 12.1 Å². The third-order valence-corrected chi connectivity index (χ3v) is 4.83. The Labute approximate surface area is 138 Å². The Bertz CT molecular complexity index is 567. The third-order valence-electron chi connectivity index (χ3n) is 4.83.